The molecule has 1 aliphatic carbocycles. The van der Waals surface area contributed by atoms with Gasteiger partial charge in [0.15, 0.2) is 0 Å². The Morgan fingerprint density at radius 3 is 2.81 bits per heavy atom. The third-order valence-corrected chi connectivity index (χ3v) is 5.48. The minimum atomic E-state index is 0.168. The highest BCUT2D eigenvalue weighted by molar-refractivity contribution is 9.10. The maximum absolute atomic E-state index is 6.34. The van der Waals surface area contributed by atoms with Crippen molar-refractivity contribution in [1.82, 2.24) is 0 Å². The van der Waals surface area contributed by atoms with Crippen molar-refractivity contribution in [3.63, 3.8) is 0 Å². The molecule has 2 fully saturated rings. The first-order chi connectivity index (χ1) is 10.2. The van der Waals surface area contributed by atoms with Gasteiger partial charge in [0.2, 0.25) is 0 Å². The van der Waals surface area contributed by atoms with Crippen LogP contribution in [0.5, 0.6) is 5.75 Å². The molecule has 1 saturated heterocycles. The highest BCUT2D eigenvalue weighted by atomic mass is 79.9. The molecule has 1 unspecified atom stereocenters. The first-order valence-corrected chi connectivity index (χ1v) is 9.19. The number of benzene rings is 1. The standard InChI is InChI=1S/C17H22BrClO2/c18-14-4-5-16(13(10-14)11-19)20-12-15-6-9-17(21-15)7-2-1-3-8-17/h4-5,10,15H,1-3,6-9,11-12H2. The van der Waals surface area contributed by atoms with Gasteiger partial charge in [0, 0.05) is 10.0 Å². The van der Waals surface area contributed by atoms with Gasteiger partial charge in [0.1, 0.15) is 12.4 Å². The molecule has 1 aliphatic heterocycles. The van der Waals surface area contributed by atoms with E-state index < -0.39 is 0 Å². The molecule has 1 atom stereocenters. The molecule has 0 N–H and O–H groups in total. The van der Waals surface area contributed by atoms with Gasteiger partial charge in [-0.25, -0.2) is 0 Å². The first kappa shape index (κ1) is 15.6. The summed E-state index contributed by atoms with van der Waals surface area (Å²) in [7, 11) is 0. The van der Waals surface area contributed by atoms with E-state index in [1.54, 1.807) is 0 Å². The van der Waals surface area contributed by atoms with E-state index in [9.17, 15) is 0 Å². The summed E-state index contributed by atoms with van der Waals surface area (Å²) in [5, 5.41) is 0. The Kier molecular flexibility index (Phi) is 5.13. The van der Waals surface area contributed by atoms with Crippen molar-refractivity contribution < 1.29 is 9.47 Å². The van der Waals surface area contributed by atoms with E-state index in [1.165, 1.54) is 38.5 Å². The van der Waals surface area contributed by atoms with Crippen LogP contribution in [0.3, 0.4) is 0 Å². The monoisotopic (exact) mass is 372 g/mol. The molecule has 3 rings (SSSR count). The summed E-state index contributed by atoms with van der Waals surface area (Å²) < 4.78 is 13.3. The lowest BCUT2D eigenvalue weighted by Gasteiger charge is -2.33. The van der Waals surface area contributed by atoms with Gasteiger partial charge in [-0.1, -0.05) is 35.2 Å². The van der Waals surface area contributed by atoms with Gasteiger partial charge in [-0.2, -0.15) is 0 Å². The Hall–Kier alpha value is -0.250. The largest absolute Gasteiger partial charge is 0.491 e. The molecule has 0 amide bonds. The summed E-state index contributed by atoms with van der Waals surface area (Å²) in [6.07, 6.45) is 9.01. The fraction of sp³-hybridized carbons (Fsp3) is 0.647. The third kappa shape index (κ3) is 3.75. The molecular formula is C17H22BrClO2. The molecule has 1 spiro atoms. The zero-order valence-electron chi connectivity index (χ0n) is 12.2. The van der Waals surface area contributed by atoms with Crippen LogP contribution in [-0.4, -0.2) is 18.3 Å². The zero-order valence-corrected chi connectivity index (χ0v) is 14.6. The Morgan fingerprint density at radius 2 is 2.05 bits per heavy atom. The summed E-state index contributed by atoms with van der Waals surface area (Å²) in [5.41, 5.74) is 1.19. The van der Waals surface area contributed by atoms with Gasteiger partial charge < -0.3 is 9.47 Å². The minimum Gasteiger partial charge on any atom is -0.491 e. The third-order valence-electron chi connectivity index (χ3n) is 4.69. The number of hydrogen-bond acceptors (Lipinski definition) is 2. The highest BCUT2D eigenvalue weighted by Crippen LogP contribution is 2.42. The van der Waals surface area contributed by atoms with Gasteiger partial charge in [-0.3, -0.25) is 0 Å². The molecule has 1 heterocycles. The number of ether oxygens (including phenoxy) is 2. The average Bonchev–Trinajstić information content (AvgIpc) is 2.89. The van der Waals surface area contributed by atoms with Crippen LogP contribution in [0.4, 0.5) is 0 Å². The normalized spacial score (nSPS) is 24.4. The lowest BCUT2D eigenvalue weighted by Crippen LogP contribution is -2.32. The number of rotatable bonds is 4. The Balaban J connectivity index is 1.56. The van der Waals surface area contributed by atoms with Gasteiger partial charge in [-0.15, -0.1) is 11.6 Å². The quantitative estimate of drug-likeness (QED) is 0.653. The fourth-order valence-electron chi connectivity index (χ4n) is 3.55. The van der Waals surface area contributed by atoms with Crippen molar-refractivity contribution in [2.45, 2.75) is 62.5 Å². The van der Waals surface area contributed by atoms with Gasteiger partial charge in [0.25, 0.3) is 0 Å². The van der Waals surface area contributed by atoms with Crippen LogP contribution in [0.15, 0.2) is 22.7 Å². The van der Waals surface area contributed by atoms with E-state index >= 15 is 0 Å². The zero-order chi connectivity index (χ0) is 14.7. The second-order valence-electron chi connectivity index (χ2n) is 6.22. The maximum atomic E-state index is 6.34. The van der Waals surface area contributed by atoms with E-state index in [2.05, 4.69) is 15.9 Å². The predicted molar refractivity (Wildman–Crippen MR) is 89.1 cm³/mol. The van der Waals surface area contributed by atoms with E-state index in [0.717, 1.165) is 22.2 Å². The van der Waals surface area contributed by atoms with Crippen molar-refractivity contribution in [3.8, 4) is 5.75 Å². The molecule has 4 heteroatoms. The van der Waals surface area contributed by atoms with Gasteiger partial charge in [0.05, 0.1) is 17.6 Å². The summed E-state index contributed by atoms with van der Waals surface area (Å²) in [4.78, 5) is 0. The second kappa shape index (κ2) is 6.89. The topological polar surface area (TPSA) is 18.5 Å². The van der Waals surface area contributed by atoms with Crippen molar-refractivity contribution >= 4 is 27.5 Å². The lowest BCUT2D eigenvalue weighted by molar-refractivity contribution is -0.0749. The SMILES string of the molecule is ClCc1cc(Br)ccc1OCC1CCC2(CCCCC2)O1. The molecular weight excluding hydrogens is 352 g/mol. The van der Waals surface area contributed by atoms with Crippen molar-refractivity contribution in [2.24, 2.45) is 0 Å². The number of alkyl halides is 1. The van der Waals surface area contributed by atoms with Crippen LogP contribution < -0.4 is 4.74 Å². The maximum Gasteiger partial charge on any atom is 0.123 e. The fourth-order valence-corrected chi connectivity index (χ4v) is 4.17. The first-order valence-electron chi connectivity index (χ1n) is 7.86. The van der Waals surface area contributed by atoms with E-state index in [-0.39, 0.29) is 11.7 Å². The van der Waals surface area contributed by atoms with Gasteiger partial charge in [-0.05, 0) is 43.9 Å². The summed E-state index contributed by atoms with van der Waals surface area (Å²) in [5.74, 6) is 1.34. The summed E-state index contributed by atoms with van der Waals surface area (Å²) in [6, 6.07) is 5.98. The van der Waals surface area contributed by atoms with Crippen LogP contribution in [0.25, 0.3) is 0 Å². The molecule has 1 aromatic carbocycles. The Morgan fingerprint density at radius 1 is 1.24 bits per heavy atom. The van der Waals surface area contributed by atoms with Crippen LogP contribution in [0.2, 0.25) is 0 Å². The van der Waals surface area contributed by atoms with E-state index in [4.69, 9.17) is 21.1 Å². The average molecular weight is 374 g/mol. The Bertz CT molecular complexity index is 486. The molecule has 0 radical (unpaired) electrons. The molecule has 2 nitrogen and oxygen atoms in total. The van der Waals surface area contributed by atoms with E-state index in [0.29, 0.717) is 12.5 Å². The minimum absolute atomic E-state index is 0.168. The highest BCUT2D eigenvalue weighted by Gasteiger charge is 2.40. The smallest absolute Gasteiger partial charge is 0.123 e. The van der Waals surface area contributed by atoms with Crippen molar-refractivity contribution in [2.75, 3.05) is 6.61 Å². The van der Waals surface area contributed by atoms with Crippen LogP contribution in [0, 0.1) is 0 Å². The van der Waals surface area contributed by atoms with E-state index in [1.807, 2.05) is 18.2 Å². The van der Waals surface area contributed by atoms with Gasteiger partial charge >= 0.3 is 0 Å². The predicted octanol–water partition coefficient (Wildman–Crippen LogP) is 5.45. The van der Waals surface area contributed by atoms with Crippen molar-refractivity contribution in [1.29, 1.82) is 0 Å². The Labute approximate surface area is 140 Å². The summed E-state index contributed by atoms with van der Waals surface area (Å²) in [6.45, 7) is 0.632. The molecule has 21 heavy (non-hydrogen) atoms. The van der Waals surface area contributed by atoms with Crippen LogP contribution in [0.1, 0.15) is 50.5 Å². The summed E-state index contributed by atoms with van der Waals surface area (Å²) >= 11 is 9.45. The molecule has 0 aromatic heterocycles. The molecule has 116 valence electrons. The number of hydrogen-bond donors (Lipinski definition) is 0. The molecule has 1 saturated carbocycles. The van der Waals surface area contributed by atoms with Crippen molar-refractivity contribution in [3.05, 3.63) is 28.2 Å². The molecule has 1 aromatic rings. The van der Waals surface area contributed by atoms with Crippen LogP contribution in [-0.2, 0) is 10.6 Å². The second-order valence-corrected chi connectivity index (χ2v) is 7.40. The van der Waals surface area contributed by atoms with Crippen LogP contribution >= 0.6 is 27.5 Å². The molecule has 2 aliphatic rings. The number of halogens is 2. The lowest BCUT2D eigenvalue weighted by atomic mass is 9.83. The molecule has 0 bridgehead atoms.